The van der Waals surface area contributed by atoms with Crippen LogP contribution in [0, 0.1) is 0 Å². The number of aromatic amines is 1. The van der Waals surface area contributed by atoms with E-state index in [1.807, 2.05) is 0 Å². The van der Waals surface area contributed by atoms with E-state index in [4.69, 9.17) is 0 Å². The molecule has 128 valence electrons. The van der Waals surface area contributed by atoms with Crippen LogP contribution in [-0.2, 0) is 0 Å². The number of likely N-dealkylation sites (tertiary alicyclic amines) is 1. The van der Waals surface area contributed by atoms with Crippen LogP contribution in [0.1, 0.15) is 23.2 Å². The first-order chi connectivity index (χ1) is 11.5. The van der Waals surface area contributed by atoms with Gasteiger partial charge in [-0.3, -0.25) is 9.89 Å². The van der Waals surface area contributed by atoms with Gasteiger partial charge in [0.15, 0.2) is 0 Å². The molecule has 0 saturated carbocycles. The van der Waals surface area contributed by atoms with E-state index in [1.54, 1.807) is 17.0 Å². The molecule has 6 nitrogen and oxygen atoms in total. The maximum absolute atomic E-state index is 12.7. The number of nitrogens with one attached hydrogen (secondary N) is 1. The second kappa shape index (κ2) is 6.96. The number of hydrogen-bond acceptors (Lipinski definition) is 4. The number of aliphatic hydroxyl groups is 1. The molecule has 0 bridgehead atoms. The van der Waals surface area contributed by atoms with Gasteiger partial charge < -0.3 is 14.7 Å². The number of rotatable bonds is 4. The molecule has 0 aliphatic carbocycles. The third kappa shape index (κ3) is 3.53. The van der Waals surface area contributed by atoms with Gasteiger partial charge in [0.2, 0.25) is 0 Å². The molecule has 1 aromatic carbocycles. The van der Waals surface area contributed by atoms with Crippen molar-refractivity contribution < 1.29 is 23.4 Å². The Morgan fingerprint density at radius 1 is 1.46 bits per heavy atom. The quantitative estimate of drug-likeness (QED) is 0.897. The number of ether oxygens (including phenoxy) is 1. The average molecular weight is 337 g/mol. The van der Waals surface area contributed by atoms with Crippen LogP contribution in [0.5, 0.6) is 5.75 Å². The lowest BCUT2D eigenvalue weighted by molar-refractivity contribution is -0.0498. The summed E-state index contributed by atoms with van der Waals surface area (Å²) in [5.74, 6) is -0.249. The van der Waals surface area contributed by atoms with E-state index in [0.717, 1.165) is 6.42 Å². The molecule has 2 aromatic rings. The van der Waals surface area contributed by atoms with Crippen LogP contribution < -0.4 is 4.74 Å². The Bertz CT molecular complexity index is 720. The molecular weight excluding hydrogens is 320 g/mol. The lowest BCUT2D eigenvalue weighted by Crippen LogP contribution is -2.42. The largest absolute Gasteiger partial charge is 0.435 e. The minimum atomic E-state index is -2.92. The summed E-state index contributed by atoms with van der Waals surface area (Å²) in [5.41, 5.74) is 1.28. The number of H-pyrrole nitrogens is 1. The number of β-amino-alcohol motifs (C(OH)–C–C–N with tert-alkyl or cyclic N) is 1. The van der Waals surface area contributed by atoms with Crippen molar-refractivity contribution in [2.24, 2.45) is 0 Å². The zero-order chi connectivity index (χ0) is 17.1. The van der Waals surface area contributed by atoms with Crippen molar-refractivity contribution in [2.75, 3.05) is 13.1 Å². The number of aliphatic hydroxyl groups excluding tert-OH is 1. The van der Waals surface area contributed by atoms with Gasteiger partial charge in [0, 0.05) is 18.7 Å². The van der Waals surface area contributed by atoms with E-state index in [1.165, 1.54) is 18.3 Å². The van der Waals surface area contributed by atoms with Crippen molar-refractivity contribution >= 4 is 5.91 Å². The molecule has 8 heteroatoms. The second-order valence-electron chi connectivity index (χ2n) is 5.61. The zero-order valence-corrected chi connectivity index (χ0v) is 12.8. The zero-order valence-electron chi connectivity index (χ0n) is 12.8. The first-order valence-corrected chi connectivity index (χ1v) is 7.60. The molecule has 1 atom stereocenters. The second-order valence-corrected chi connectivity index (χ2v) is 5.61. The first-order valence-electron chi connectivity index (χ1n) is 7.60. The van der Waals surface area contributed by atoms with Gasteiger partial charge in [-0.2, -0.15) is 13.9 Å². The minimum absolute atomic E-state index is 0.00361. The van der Waals surface area contributed by atoms with Gasteiger partial charge in [-0.1, -0.05) is 12.1 Å². The highest BCUT2D eigenvalue weighted by atomic mass is 19.3. The van der Waals surface area contributed by atoms with Crippen LogP contribution >= 0.6 is 0 Å². The molecule has 1 aliphatic heterocycles. The normalized spacial score (nSPS) is 18.0. The summed E-state index contributed by atoms with van der Waals surface area (Å²) in [4.78, 5) is 14.2. The van der Waals surface area contributed by atoms with Gasteiger partial charge in [0.1, 0.15) is 5.75 Å². The van der Waals surface area contributed by atoms with Crippen LogP contribution in [0.15, 0.2) is 30.5 Å². The van der Waals surface area contributed by atoms with Crippen molar-refractivity contribution in [1.82, 2.24) is 15.1 Å². The lowest BCUT2D eigenvalue weighted by atomic mass is 10.0. The van der Waals surface area contributed by atoms with E-state index in [0.29, 0.717) is 29.8 Å². The highest BCUT2D eigenvalue weighted by Crippen LogP contribution is 2.27. The fourth-order valence-corrected chi connectivity index (χ4v) is 2.81. The molecule has 1 aliphatic rings. The van der Waals surface area contributed by atoms with Crippen LogP contribution in [0.25, 0.3) is 11.3 Å². The van der Waals surface area contributed by atoms with E-state index >= 15 is 0 Å². The monoisotopic (exact) mass is 337 g/mol. The number of amides is 1. The lowest BCUT2D eigenvalue weighted by Gasteiger charge is -2.30. The smallest absolute Gasteiger partial charge is 0.387 e. The van der Waals surface area contributed by atoms with Gasteiger partial charge in [0.05, 0.1) is 23.6 Å². The number of hydrogen-bond donors (Lipinski definition) is 2. The van der Waals surface area contributed by atoms with Crippen LogP contribution in [0.4, 0.5) is 8.78 Å². The maximum Gasteiger partial charge on any atom is 0.387 e. The summed E-state index contributed by atoms with van der Waals surface area (Å²) >= 11 is 0. The van der Waals surface area contributed by atoms with E-state index < -0.39 is 12.7 Å². The standard InChI is InChI=1S/C16H17F2N3O3/c17-16(18)24-12-5-1-3-10(7-12)14-13(8-19-20-14)15(23)21-6-2-4-11(22)9-21/h1,3,5,7-8,11,16,22H,2,4,6,9H2,(H,19,20). The van der Waals surface area contributed by atoms with Crippen molar-refractivity contribution in [3.05, 3.63) is 36.0 Å². The Morgan fingerprint density at radius 3 is 3.04 bits per heavy atom. The van der Waals surface area contributed by atoms with Gasteiger partial charge in [-0.15, -0.1) is 0 Å². The molecule has 1 amide bonds. The molecule has 0 spiro atoms. The molecule has 2 N–H and O–H groups in total. The maximum atomic E-state index is 12.7. The van der Waals surface area contributed by atoms with E-state index in [9.17, 15) is 18.7 Å². The van der Waals surface area contributed by atoms with Gasteiger partial charge in [-0.05, 0) is 25.0 Å². The highest BCUT2D eigenvalue weighted by Gasteiger charge is 2.26. The predicted molar refractivity (Wildman–Crippen MR) is 81.8 cm³/mol. The molecule has 1 fully saturated rings. The average Bonchev–Trinajstić information content (AvgIpc) is 3.03. The molecular formula is C16H17F2N3O3. The Morgan fingerprint density at radius 2 is 2.29 bits per heavy atom. The Balaban J connectivity index is 1.86. The molecule has 1 saturated heterocycles. The number of carbonyl (C=O) groups is 1. The van der Waals surface area contributed by atoms with Crippen LogP contribution in [0.3, 0.4) is 0 Å². The van der Waals surface area contributed by atoms with Crippen LogP contribution in [0.2, 0.25) is 0 Å². The number of aromatic nitrogens is 2. The van der Waals surface area contributed by atoms with Gasteiger partial charge in [0.25, 0.3) is 5.91 Å². The molecule has 2 heterocycles. The molecule has 3 rings (SSSR count). The summed E-state index contributed by atoms with van der Waals surface area (Å²) < 4.78 is 29.1. The number of alkyl halides is 2. The summed E-state index contributed by atoms with van der Waals surface area (Å²) in [5, 5.41) is 16.4. The summed E-state index contributed by atoms with van der Waals surface area (Å²) in [6.45, 7) is -2.08. The van der Waals surface area contributed by atoms with E-state index in [2.05, 4.69) is 14.9 Å². The summed E-state index contributed by atoms with van der Waals surface area (Å²) in [6.07, 6.45) is 2.28. The summed E-state index contributed by atoms with van der Waals surface area (Å²) in [7, 11) is 0. The van der Waals surface area contributed by atoms with Gasteiger partial charge >= 0.3 is 6.61 Å². The first kappa shape index (κ1) is 16.4. The topological polar surface area (TPSA) is 78.5 Å². The molecule has 24 heavy (non-hydrogen) atoms. The number of nitrogens with zero attached hydrogens (tertiary/aromatic N) is 2. The minimum Gasteiger partial charge on any atom is -0.435 e. The van der Waals surface area contributed by atoms with Crippen LogP contribution in [-0.4, -0.2) is 51.9 Å². The molecule has 0 radical (unpaired) electrons. The van der Waals surface area contributed by atoms with Crippen molar-refractivity contribution in [1.29, 1.82) is 0 Å². The Hall–Kier alpha value is -2.48. The van der Waals surface area contributed by atoms with Crippen molar-refractivity contribution in [3.8, 4) is 17.0 Å². The SMILES string of the molecule is O=C(c1cn[nH]c1-c1cccc(OC(F)F)c1)N1CCCC(O)C1. The van der Waals surface area contributed by atoms with E-state index in [-0.39, 0.29) is 18.2 Å². The van der Waals surface area contributed by atoms with Gasteiger partial charge in [-0.25, -0.2) is 0 Å². The third-order valence-electron chi connectivity index (χ3n) is 3.90. The predicted octanol–water partition coefficient (Wildman–Crippen LogP) is 2.27. The molecule has 1 unspecified atom stereocenters. The van der Waals surface area contributed by atoms with Crippen molar-refractivity contribution in [3.63, 3.8) is 0 Å². The molecule has 1 aromatic heterocycles. The fraction of sp³-hybridized carbons (Fsp3) is 0.375. The number of halogens is 2. The number of piperidine rings is 1. The number of carbonyl (C=O) groups excluding carboxylic acids is 1. The fourth-order valence-electron chi connectivity index (χ4n) is 2.81. The summed E-state index contributed by atoms with van der Waals surface area (Å²) in [6, 6.07) is 6.07. The third-order valence-corrected chi connectivity index (χ3v) is 3.90. The Labute approximate surface area is 137 Å². The number of benzene rings is 1. The Kier molecular flexibility index (Phi) is 4.75. The highest BCUT2D eigenvalue weighted by molar-refractivity contribution is 5.99. The van der Waals surface area contributed by atoms with Crippen molar-refractivity contribution in [2.45, 2.75) is 25.6 Å².